The Kier molecular flexibility index (Phi) is 6.92. The van der Waals surface area contributed by atoms with E-state index in [9.17, 15) is 8.42 Å². The van der Waals surface area contributed by atoms with Gasteiger partial charge >= 0.3 is 0 Å². The van der Waals surface area contributed by atoms with Crippen molar-refractivity contribution in [2.75, 3.05) is 25.1 Å². The molecular formula is C12H22N2O3S2. The Labute approximate surface area is 119 Å². The van der Waals surface area contributed by atoms with Gasteiger partial charge in [0.25, 0.3) is 0 Å². The highest BCUT2D eigenvalue weighted by atomic mass is 32.2. The van der Waals surface area contributed by atoms with Crippen molar-refractivity contribution >= 4 is 21.8 Å². The van der Waals surface area contributed by atoms with Crippen molar-refractivity contribution in [1.82, 2.24) is 10.0 Å². The lowest BCUT2D eigenvalue weighted by Gasteiger charge is -2.03. The van der Waals surface area contributed by atoms with Crippen molar-refractivity contribution in [2.24, 2.45) is 0 Å². The molecule has 0 aliphatic heterocycles. The first kappa shape index (κ1) is 16.6. The Morgan fingerprint density at radius 2 is 2.11 bits per heavy atom. The second-order valence-electron chi connectivity index (χ2n) is 4.20. The van der Waals surface area contributed by atoms with Gasteiger partial charge in [-0.05, 0) is 26.1 Å². The number of aryl methyl sites for hydroxylation is 1. The van der Waals surface area contributed by atoms with Crippen LogP contribution in [-0.2, 0) is 16.6 Å². The molecule has 1 heterocycles. The van der Waals surface area contributed by atoms with E-state index in [0.717, 1.165) is 18.7 Å². The molecule has 5 nitrogen and oxygen atoms in total. The summed E-state index contributed by atoms with van der Waals surface area (Å²) in [5.41, 5.74) is 0. The number of nitrogens with one attached hydrogen (secondary N) is 2. The fraction of sp³-hybridized carbons (Fsp3) is 0.667. The molecule has 110 valence electrons. The third kappa shape index (κ3) is 5.18. The number of hydrogen-bond acceptors (Lipinski definition) is 5. The highest BCUT2D eigenvalue weighted by Gasteiger charge is 2.20. The van der Waals surface area contributed by atoms with E-state index in [2.05, 4.69) is 17.0 Å². The third-order valence-electron chi connectivity index (χ3n) is 2.54. The van der Waals surface area contributed by atoms with Crippen LogP contribution in [0.4, 0.5) is 0 Å². The average Bonchev–Trinajstić information content (AvgIpc) is 2.72. The summed E-state index contributed by atoms with van der Waals surface area (Å²) < 4.78 is 32.2. The Balaban J connectivity index is 2.71. The predicted molar refractivity (Wildman–Crippen MR) is 79.0 cm³/mol. The zero-order valence-corrected chi connectivity index (χ0v) is 13.3. The van der Waals surface area contributed by atoms with Gasteiger partial charge in [-0.25, -0.2) is 13.1 Å². The minimum Gasteiger partial charge on any atom is -0.464 e. The summed E-state index contributed by atoms with van der Waals surface area (Å²) in [6, 6.07) is 1.60. The zero-order chi connectivity index (χ0) is 14.3. The van der Waals surface area contributed by atoms with Crippen LogP contribution in [0.15, 0.2) is 15.4 Å². The van der Waals surface area contributed by atoms with Crippen LogP contribution in [-0.4, -0.2) is 33.5 Å². The summed E-state index contributed by atoms with van der Waals surface area (Å²) in [5.74, 6) is 1.84. The molecule has 0 atom stereocenters. The molecule has 0 saturated heterocycles. The predicted octanol–water partition coefficient (Wildman–Crippen LogP) is 1.73. The van der Waals surface area contributed by atoms with E-state index >= 15 is 0 Å². The van der Waals surface area contributed by atoms with Gasteiger partial charge in [0, 0.05) is 18.4 Å². The molecule has 1 aromatic heterocycles. The highest BCUT2D eigenvalue weighted by molar-refractivity contribution is 7.98. The second-order valence-corrected chi connectivity index (χ2v) is 6.92. The van der Waals surface area contributed by atoms with Gasteiger partial charge < -0.3 is 9.73 Å². The molecule has 0 fully saturated rings. The maximum Gasteiger partial charge on any atom is 0.244 e. The summed E-state index contributed by atoms with van der Waals surface area (Å²) in [7, 11) is -3.46. The van der Waals surface area contributed by atoms with E-state index in [1.165, 1.54) is 0 Å². The Bertz CT molecular complexity index is 483. The second kappa shape index (κ2) is 7.94. The van der Waals surface area contributed by atoms with Crippen molar-refractivity contribution in [2.45, 2.75) is 31.7 Å². The highest BCUT2D eigenvalue weighted by Crippen LogP contribution is 2.19. The fourth-order valence-electron chi connectivity index (χ4n) is 1.62. The van der Waals surface area contributed by atoms with Crippen LogP contribution >= 0.6 is 11.8 Å². The summed E-state index contributed by atoms with van der Waals surface area (Å²) in [4.78, 5) is 0.238. The van der Waals surface area contributed by atoms with Gasteiger partial charge in [0.05, 0.1) is 6.54 Å². The van der Waals surface area contributed by atoms with E-state index in [1.54, 1.807) is 24.8 Å². The van der Waals surface area contributed by atoms with Crippen LogP contribution in [0.3, 0.4) is 0 Å². The van der Waals surface area contributed by atoms with Crippen LogP contribution in [0.2, 0.25) is 0 Å². The van der Waals surface area contributed by atoms with Gasteiger partial charge in [-0.1, -0.05) is 6.92 Å². The molecule has 0 aliphatic rings. The van der Waals surface area contributed by atoms with Crippen molar-refractivity contribution in [3.8, 4) is 0 Å². The molecule has 0 aromatic carbocycles. The molecule has 0 radical (unpaired) electrons. The summed E-state index contributed by atoms with van der Waals surface area (Å²) in [5, 5.41) is 3.18. The standard InChI is InChI=1S/C12H22N2O3S2/c1-4-5-13-9-11-8-12(10(2)17-11)19(15,16)14-6-7-18-3/h8,13-14H,4-7,9H2,1-3H3. The molecule has 0 bridgehead atoms. The molecule has 7 heteroatoms. The molecule has 0 amide bonds. The first-order valence-corrected chi connectivity index (χ1v) is 9.17. The SMILES string of the molecule is CCCNCc1cc(S(=O)(=O)NCCSC)c(C)o1. The van der Waals surface area contributed by atoms with Gasteiger partial charge in [0.15, 0.2) is 0 Å². The normalized spacial score (nSPS) is 11.9. The minimum atomic E-state index is -3.46. The summed E-state index contributed by atoms with van der Waals surface area (Å²) in [6.07, 6.45) is 2.97. The largest absolute Gasteiger partial charge is 0.464 e. The lowest BCUT2D eigenvalue weighted by Crippen LogP contribution is -2.26. The van der Waals surface area contributed by atoms with Crippen LogP contribution in [0.25, 0.3) is 0 Å². The smallest absolute Gasteiger partial charge is 0.244 e. The van der Waals surface area contributed by atoms with Gasteiger partial charge in [0.1, 0.15) is 16.4 Å². The lowest BCUT2D eigenvalue weighted by atomic mass is 10.4. The Morgan fingerprint density at radius 3 is 2.74 bits per heavy atom. The number of furan rings is 1. The first-order chi connectivity index (χ1) is 9.01. The zero-order valence-electron chi connectivity index (χ0n) is 11.7. The Hall–Kier alpha value is -0.500. The first-order valence-electron chi connectivity index (χ1n) is 6.30. The average molecular weight is 306 g/mol. The number of sulfonamides is 1. The van der Waals surface area contributed by atoms with Gasteiger partial charge in [0.2, 0.25) is 10.0 Å². The van der Waals surface area contributed by atoms with Gasteiger partial charge in [-0.15, -0.1) is 0 Å². The number of hydrogen-bond donors (Lipinski definition) is 2. The minimum absolute atomic E-state index is 0.238. The monoisotopic (exact) mass is 306 g/mol. The molecular weight excluding hydrogens is 284 g/mol. The lowest BCUT2D eigenvalue weighted by molar-refractivity contribution is 0.457. The summed E-state index contributed by atoms with van der Waals surface area (Å²) in [6.45, 7) is 5.61. The van der Waals surface area contributed by atoms with Gasteiger partial charge in [-0.3, -0.25) is 0 Å². The quantitative estimate of drug-likeness (QED) is 0.680. The van der Waals surface area contributed by atoms with Crippen molar-refractivity contribution < 1.29 is 12.8 Å². The molecule has 0 spiro atoms. The molecule has 0 aliphatic carbocycles. The third-order valence-corrected chi connectivity index (χ3v) is 4.72. The molecule has 0 saturated carbocycles. The Morgan fingerprint density at radius 1 is 1.37 bits per heavy atom. The van der Waals surface area contributed by atoms with Crippen molar-refractivity contribution in [3.05, 3.63) is 17.6 Å². The molecule has 2 N–H and O–H groups in total. The van der Waals surface area contributed by atoms with Crippen LogP contribution in [0.1, 0.15) is 24.9 Å². The molecule has 0 unspecified atom stereocenters. The van der Waals surface area contributed by atoms with Crippen LogP contribution in [0.5, 0.6) is 0 Å². The molecule has 1 rings (SSSR count). The van der Waals surface area contributed by atoms with E-state index in [1.807, 2.05) is 6.26 Å². The van der Waals surface area contributed by atoms with E-state index < -0.39 is 10.0 Å². The van der Waals surface area contributed by atoms with Crippen LogP contribution < -0.4 is 10.0 Å². The summed E-state index contributed by atoms with van der Waals surface area (Å²) >= 11 is 1.60. The topological polar surface area (TPSA) is 71.3 Å². The number of thioether (sulfide) groups is 1. The van der Waals surface area contributed by atoms with E-state index in [4.69, 9.17) is 4.42 Å². The maximum atomic E-state index is 12.1. The fourth-order valence-corrected chi connectivity index (χ4v) is 3.29. The van der Waals surface area contributed by atoms with Crippen LogP contribution in [0, 0.1) is 6.92 Å². The van der Waals surface area contributed by atoms with E-state index in [0.29, 0.717) is 24.6 Å². The van der Waals surface area contributed by atoms with Crippen molar-refractivity contribution in [1.29, 1.82) is 0 Å². The molecule has 19 heavy (non-hydrogen) atoms. The van der Waals surface area contributed by atoms with Gasteiger partial charge in [-0.2, -0.15) is 11.8 Å². The molecule has 1 aromatic rings. The van der Waals surface area contributed by atoms with Crippen molar-refractivity contribution in [3.63, 3.8) is 0 Å². The maximum absolute atomic E-state index is 12.1. The number of rotatable bonds is 9. The van der Waals surface area contributed by atoms with E-state index in [-0.39, 0.29) is 4.90 Å².